The summed E-state index contributed by atoms with van der Waals surface area (Å²) in [6, 6.07) is 0. The SMILES string of the molecule is CCOC(=O)Cc1c(F)cnc(CBr)c1C(F)F. The fraction of sp³-hybridized carbons (Fsp3) is 0.455. The van der Waals surface area contributed by atoms with Crippen LogP contribution in [0.25, 0.3) is 0 Å². The molecular weight excluding hydrogens is 315 g/mol. The van der Waals surface area contributed by atoms with Gasteiger partial charge in [0.25, 0.3) is 6.43 Å². The molecule has 0 spiro atoms. The van der Waals surface area contributed by atoms with Gasteiger partial charge in [-0.2, -0.15) is 0 Å². The van der Waals surface area contributed by atoms with Crippen molar-refractivity contribution >= 4 is 21.9 Å². The molecule has 0 N–H and O–H groups in total. The van der Waals surface area contributed by atoms with E-state index in [0.717, 1.165) is 6.20 Å². The molecule has 0 saturated carbocycles. The first-order valence-corrected chi connectivity index (χ1v) is 6.29. The van der Waals surface area contributed by atoms with Crippen molar-refractivity contribution in [1.29, 1.82) is 0 Å². The molecule has 0 aliphatic carbocycles. The Bertz CT molecular complexity index is 441. The van der Waals surface area contributed by atoms with Crippen LogP contribution in [0.5, 0.6) is 0 Å². The largest absolute Gasteiger partial charge is 0.466 e. The molecule has 0 radical (unpaired) electrons. The zero-order valence-corrected chi connectivity index (χ0v) is 11.1. The number of aromatic nitrogens is 1. The highest BCUT2D eigenvalue weighted by Crippen LogP contribution is 2.29. The van der Waals surface area contributed by atoms with Crippen molar-refractivity contribution in [3.8, 4) is 0 Å². The van der Waals surface area contributed by atoms with Gasteiger partial charge in [0.15, 0.2) is 0 Å². The Kier molecular flexibility index (Phi) is 5.58. The zero-order chi connectivity index (χ0) is 13.7. The monoisotopic (exact) mass is 325 g/mol. The highest BCUT2D eigenvalue weighted by molar-refractivity contribution is 9.08. The molecule has 0 bridgehead atoms. The van der Waals surface area contributed by atoms with Crippen molar-refractivity contribution < 1.29 is 22.7 Å². The van der Waals surface area contributed by atoms with Gasteiger partial charge >= 0.3 is 5.97 Å². The van der Waals surface area contributed by atoms with Crippen molar-refractivity contribution in [2.24, 2.45) is 0 Å². The average molecular weight is 326 g/mol. The van der Waals surface area contributed by atoms with Gasteiger partial charge in [-0.1, -0.05) is 15.9 Å². The van der Waals surface area contributed by atoms with Gasteiger partial charge in [0.05, 0.1) is 24.9 Å². The summed E-state index contributed by atoms with van der Waals surface area (Å²) in [5, 5.41) is 0.0583. The molecule has 0 unspecified atom stereocenters. The number of rotatable bonds is 5. The summed E-state index contributed by atoms with van der Waals surface area (Å²) < 4.78 is 44.0. The maximum absolute atomic E-state index is 13.5. The lowest BCUT2D eigenvalue weighted by Gasteiger charge is -2.12. The van der Waals surface area contributed by atoms with Crippen molar-refractivity contribution in [3.05, 3.63) is 28.8 Å². The van der Waals surface area contributed by atoms with Crippen LogP contribution in [-0.4, -0.2) is 17.6 Å². The summed E-state index contributed by atoms with van der Waals surface area (Å²) >= 11 is 3.00. The molecule has 0 atom stereocenters. The van der Waals surface area contributed by atoms with Crippen LogP contribution in [0, 0.1) is 5.82 Å². The third kappa shape index (κ3) is 3.44. The van der Waals surface area contributed by atoms with Crippen LogP contribution in [0.1, 0.15) is 30.2 Å². The van der Waals surface area contributed by atoms with Crippen molar-refractivity contribution in [2.45, 2.75) is 25.1 Å². The number of ether oxygens (including phenoxy) is 1. The van der Waals surface area contributed by atoms with Crippen LogP contribution >= 0.6 is 15.9 Å². The van der Waals surface area contributed by atoms with Crippen molar-refractivity contribution in [2.75, 3.05) is 6.61 Å². The minimum Gasteiger partial charge on any atom is -0.466 e. The van der Waals surface area contributed by atoms with Crippen LogP contribution in [0.4, 0.5) is 13.2 Å². The maximum Gasteiger partial charge on any atom is 0.310 e. The van der Waals surface area contributed by atoms with Gasteiger partial charge in [-0.05, 0) is 6.92 Å². The zero-order valence-electron chi connectivity index (χ0n) is 9.55. The van der Waals surface area contributed by atoms with E-state index in [-0.39, 0.29) is 23.2 Å². The molecule has 1 aromatic heterocycles. The minimum absolute atomic E-state index is 0.0192. The van der Waals surface area contributed by atoms with Gasteiger partial charge in [-0.25, -0.2) is 13.2 Å². The smallest absolute Gasteiger partial charge is 0.310 e. The third-order valence-electron chi connectivity index (χ3n) is 2.23. The molecule has 100 valence electrons. The van der Waals surface area contributed by atoms with E-state index >= 15 is 0 Å². The normalized spacial score (nSPS) is 10.8. The summed E-state index contributed by atoms with van der Waals surface area (Å²) in [5.41, 5.74) is -0.876. The lowest BCUT2D eigenvalue weighted by Crippen LogP contribution is -2.13. The average Bonchev–Trinajstić information content (AvgIpc) is 2.31. The Morgan fingerprint density at radius 1 is 1.56 bits per heavy atom. The molecule has 0 saturated heterocycles. The van der Waals surface area contributed by atoms with Crippen molar-refractivity contribution in [1.82, 2.24) is 4.98 Å². The number of carbonyl (C=O) groups excluding carboxylic acids is 1. The van der Waals surface area contributed by atoms with E-state index in [2.05, 4.69) is 25.7 Å². The molecule has 0 aromatic carbocycles. The topological polar surface area (TPSA) is 39.2 Å². The van der Waals surface area contributed by atoms with E-state index < -0.39 is 30.2 Å². The predicted octanol–water partition coefficient (Wildman–Crippen LogP) is 3.16. The van der Waals surface area contributed by atoms with Crippen molar-refractivity contribution in [3.63, 3.8) is 0 Å². The first-order valence-electron chi connectivity index (χ1n) is 5.17. The lowest BCUT2D eigenvalue weighted by molar-refractivity contribution is -0.142. The third-order valence-corrected chi connectivity index (χ3v) is 2.76. The molecule has 1 rings (SSSR count). The molecule has 3 nitrogen and oxygen atoms in total. The van der Waals surface area contributed by atoms with Gasteiger partial charge in [0.2, 0.25) is 0 Å². The van der Waals surface area contributed by atoms with E-state index in [0.29, 0.717) is 0 Å². The molecular formula is C11H11BrF3NO2. The highest BCUT2D eigenvalue weighted by Gasteiger charge is 2.24. The summed E-state index contributed by atoms with van der Waals surface area (Å²) in [5.74, 6) is -1.67. The lowest BCUT2D eigenvalue weighted by atomic mass is 10.0. The second-order valence-electron chi connectivity index (χ2n) is 3.36. The molecule has 0 fully saturated rings. The Labute approximate surface area is 110 Å². The van der Waals surface area contributed by atoms with Crippen LogP contribution in [0.15, 0.2) is 6.20 Å². The summed E-state index contributed by atoms with van der Waals surface area (Å²) in [6.07, 6.45) is -2.59. The summed E-state index contributed by atoms with van der Waals surface area (Å²) in [7, 11) is 0. The molecule has 18 heavy (non-hydrogen) atoms. The standard InChI is InChI=1S/C11H11BrF3NO2/c1-2-18-9(17)3-6-7(13)5-16-8(4-12)10(6)11(14)15/h5,11H,2-4H2,1H3. The number of pyridine rings is 1. The fourth-order valence-corrected chi connectivity index (χ4v) is 1.93. The molecule has 1 aromatic rings. The first-order chi connectivity index (χ1) is 8.51. The van der Waals surface area contributed by atoms with Gasteiger partial charge in [-0.15, -0.1) is 0 Å². The van der Waals surface area contributed by atoms with Gasteiger partial charge in [-0.3, -0.25) is 9.78 Å². The van der Waals surface area contributed by atoms with Crippen LogP contribution in [0.2, 0.25) is 0 Å². The molecule has 7 heteroatoms. The molecule has 0 aliphatic heterocycles. The minimum atomic E-state index is -2.90. The van der Waals surface area contributed by atoms with E-state index in [1.54, 1.807) is 6.92 Å². The van der Waals surface area contributed by atoms with E-state index in [1.807, 2.05) is 0 Å². The van der Waals surface area contributed by atoms with Crippen LogP contribution < -0.4 is 0 Å². The second-order valence-corrected chi connectivity index (χ2v) is 3.92. The Balaban J connectivity index is 3.18. The van der Waals surface area contributed by atoms with Gasteiger partial charge in [0.1, 0.15) is 5.82 Å². The molecule has 0 amide bonds. The number of halogens is 4. The second kappa shape index (κ2) is 6.72. The predicted molar refractivity (Wildman–Crippen MR) is 62.1 cm³/mol. The summed E-state index contributed by atoms with van der Waals surface area (Å²) in [4.78, 5) is 14.9. The van der Waals surface area contributed by atoms with E-state index in [1.165, 1.54) is 0 Å². The van der Waals surface area contributed by atoms with E-state index in [9.17, 15) is 18.0 Å². The number of hydrogen-bond donors (Lipinski definition) is 0. The number of alkyl halides is 3. The van der Waals surface area contributed by atoms with E-state index in [4.69, 9.17) is 0 Å². The maximum atomic E-state index is 13.5. The highest BCUT2D eigenvalue weighted by atomic mass is 79.9. The molecule has 1 heterocycles. The Morgan fingerprint density at radius 2 is 2.22 bits per heavy atom. The summed E-state index contributed by atoms with van der Waals surface area (Å²) in [6.45, 7) is 1.69. The molecule has 0 aliphatic rings. The van der Waals surface area contributed by atoms with Crippen LogP contribution in [0.3, 0.4) is 0 Å². The fourth-order valence-electron chi connectivity index (χ4n) is 1.49. The quantitative estimate of drug-likeness (QED) is 0.616. The number of nitrogens with zero attached hydrogens (tertiary/aromatic N) is 1. The van der Waals surface area contributed by atoms with Crippen LogP contribution in [-0.2, 0) is 21.3 Å². The number of hydrogen-bond acceptors (Lipinski definition) is 3. The van der Waals surface area contributed by atoms with Gasteiger partial charge in [0, 0.05) is 16.5 Å². The van der Waals surface area contributed by atoms with Gasteiger partial charge < -0.3 is 4.74 Å². The first kappa shape index (κ1) is 14.9. The number of carbonyl (C=O) groups is 1. The Hall–Kier alpha value is -1.11. The Morgan fingerprint density at radius 3 is 2.72 bits per heavy atom. The number of esters is 1.